The van der Waals surface area contributed by atoms with E-state index in [4.69, 9.17) is 0 Å². The second kappa shape index (κ2) is 5.97. The van der Waals surface area contributed by atoms with E-state index in [2.05, 4.69) is 90.5 Å². The van der Waals surface area contributed by atoms with Crippen molar-refractivity contribution in [1.82, 2.24) is 0 Å². The van der Waals surface area contributed by atoms with Crippen molar-refractivity contribution in [1.29, 1.82) is 0 Å². The molecule has 0 N–H and O–H groups in total. The van der Waals surface area contributed by atoms with Crippen LogP contribution in [0.1, 0.15) is 70.2 Å². The van der Waals surface area contributed by atoms with Gasteiger partial charge < -0.3 is 0 Å². The predicted octanol–water partition coefficient (Wildman–Crippen LogP) is 5.64. The standard InChI is InChI=1S/C24H34N/c1-16(2)11-18-9-10-22(25(8)14-18)19-13-21-20(12-17(19)3)23(4,5)15-24(21,6)7/h9-10,12-14,16H,11,15H2,1-8H3/q+1. The molecule has 0 spiro atoms. The molecule has 0 radical (unpaired) electrons. The number of benzene rings is 1. The average molecular weight is 337 g/mol. The Balaban J connectivity index is 2.11. The minimum atomic E-state index is 0.247. The van der Waals surface area contributed by atoms with E-state index >= 15 is 0 Å². The first-order valence-electron chi connectivity index (χ1n) is 9.66. The van der Waals surface area contributed by atoms with Crippen LogP contribution < -0.4 is 4.57 Å². The molecule has 1 aromatic heterocycles. The second-order valence-electron chi connectivity index (χ2n) is 9.79. The van der Waals surface area contributed by atoms with Gasteiger partial charge in [0.15, 0.2) is 6.20 Å². The van der Waals surface area contributed by atoms with Crippen LogP contribution in [0.15, 0.2) is 30.5 Å². The highest BCUT2D eigenvalue weighted by molar-refractivity contribution is 5.66. The molecule has 134 valence electrons. The monoisotopic (exact) mass is 336 g/mol. The van der Waals surface area contributed by atoms with Crippen LogP contribution in [0.2, 0.25) is 0 Å². The number of pyridine rings is 1. The molecular weight excluding hydrogens is 302 g/mol. The summed E-state index contributed by atoms with van der Waals surface area (Å²) in [6, 6.07) is 9.52. The van der Waals surface area contributed by atoms with Gasteiger partial charge in [-0.3, -0.25) is 0 Å². The van der Waals surface area contributed by atoms with E-state index in [-0.39, 0.29) is 10.8 Å². The summed E-state index contributed by atoms with van der Waals surface area (Å²) in [4.78, 5) is 0. The Labute approximate surface area is 154 Å². The fraction of sp³-hybridized carbons (Fsp3) is 0.542. The van der Waals surface area contributed by atoms with Gasteiger partial charge >= 0.3 is 0 Å². The van der Waals surface area contributed by atoms with E-state index in [0.29, 0.717) is 5.92 Å². The van der Waals surface area contributed by atoms with Gasteiger partial charge in [0.2, 0.25) is 5.69 Å². The third-order valence-electron chi connectivity index (χ3n) is 5.82. The lowest BCUT2D eigenvalue weighted by atomic mass is 9.82. The van der Waals surface area contributed by atoms with Crippen LogP contribution in [0.25, 0.3) is 11.3 Å². The first-order valence-corrected chi connectivity index (χ1v) is 9.66. The Morgan fingerprint density at radius 3 is 2.16 bits per heavy atom. The van der Waals surface area contributed by atoms with Crippen LogP contribution in [-0.4, -0.2) is 0 Å². The number of nitrogens with zero attached hydrogens (tertiary/aromatic N) is 1. The van der Waals surface area contributed by atoms with Gasteiger partial charge in [0, 0.05) is 17.2 Å². The maximum atomic E-state index is 2.47. The number of fused-ring (bicyclic) bond motifs is 1. The zero-order valence-corrected chi connectivity index (χ0v) is 17.3. The largest absolute Gasteiger partial charge is 0.212 e. The number of hydrogen-bond donors (Lipinski definition) is 0. The van der Waals surface area contributed by atoms with Gasteiger partial charge in [-0.2, -0.15) is 0 Å². The fourth-order valence-electron chi connectivity index (χ4n) is 4.94. The van der Waals surface area contributed by atoms with Crippen LogP contribution in [0.5, 0.6) is 0 Å². The van der Waals surface area contributed by atoms with Crippen molar-refractivity contribution in [2.75, 3.05) is 0 Å². The normalized spacial score (nSPS) is 17.8. The lowest BCUT2D eigenvalue weighted by Crippen LogP contribution is -2.31. The summed E-state index contributed by atoms with van der Waals surface area (Å²) >= 11 is 0. The lowest BCUT2D eigenvalue weighted by Gasteiger charge is -2.22. The van der Waals surface area contributed by atoms with Gasteiger partial charge in [0.1, 0.15) is 7.05 Å². The van der Waals surface area contributed by atoms with E-state index in [1.165, 1.54) is 39.9 Å². The molecule has 1 aliphatic carbocycles. The predicted molar refractivity (Wildman–Crippen MR) is 107 cm³/mol. The molecular formula is C24H34N+. The molecule has 0 atom stereocenters. The quantitative estimate of drug-likeness (QED) is 0.638. The average Bonchev–Trinajstić information content (AvgIpc) is 2.63. The molecule has 25 heavy (non-hydrogen) atoms. The van der Waals surface area contributed by atoms with Gasteiger partial charge in [-0.25, -0.2) is 4.57 Å². The van der Waals surface area contributed by atoms with Crippen LogP contribution >= 0.6 is 0 Å². The van der Waals surface area contributed by atoms with Gasteiger partial charge in [-0.15, -0.1) is 0 Å². The summed E-state index contributed by atoms with van der Waals surface area (Å²) in [5.74, 6) is 0.690. The minimum absolute atomic E-state index is 0.247. The van der Waals surface area contributed by atoms with E-state index in [9.17, 15) is 0 Å². The molecule has 0 amide bonds. The molecule has 0 saturated heterocycles. The summed E-state index contributed by atoms with van der Waals surface area (Å²) in [7, 11) is 2.18. The summed E-state index contributed by atoms with van der Waals surface area (Å²) in [6.07, 6.45) is 4.66. The molecule has 1 heterocycles. The molecule has 1 aliphatic rings. The van der Waals surface area contributed by atoms with Crippen LogP contribution in [0.3, 0.4) is 0 Å². The van der Waals surface area contributed by atoms with Crippen molar-refractivity contribution in [3.8, 4) is 11.3 Å². The van der Waals surface area contributed by atoms with Gasteiger partial charge in [-0.05, 0) is 65.3 Å². The zero-order valence-electron chi connectivity index (χ0n) is 17.3. The Morgan fingerprint density at radius 2 is 1.60 bits per heavy atom. The van der Waals surface area contributed by atoms with E-state index in [1.807, 2.05) is 0 Å². The first-order chi connectivity index (χ1) is 11.5. The Hall–Kier alpha value is -1.63. The molecule has 0 saturated carbocycles. The van der Waals surface area contributed by atoms with Crippen molar-refractivity contribution >= 4 is 0 Å². The third-order valence-corrected chi connectivity index (χ3v) is 5.82. The minimum Gasteiger partial charge on any atom is -0.201 e. The van der Waals surface area contributed by atoms with Gasteiger partial charge in [0.25, 0.3) is 0 Å². The van der Waals surface area contributed by atoms with Crippen molar-refractivity contribution in [2.45, 2.75) is 72.1 Å². The van der Waals surface area contributed by atoms with Crippen LogP contribution in [-0.2, 0) is 24.3 Å². The highest BCUT2D eigenvalue weighted by atomic mass is 14.9. The molecule has 2 aromatic rings. The van der Waals surface area contributed by atoms with Crippen LogP contribution in [0.4, 0.5) is 0 Å². The Bertz CT molecular complexity index is 809. The Kier molecular flexibility index (Phi) is 4.34. The third kappa shape index (κ3) is 3.26. The number of aryl methyl sites for hydroxylation is 2. The van der Waals surface area contributed by atoms with Gasteiger partial charge in [-0.1, -0.05) is 47.6 Å². The summed E-state index contributed by atoms with van der Waals surface area (Å²) in [5, 5.41) is 0. The fourth-order valence-corrected chi connectivity index (χ4v) is 4.94. The number of hydrogen-bond acceptors (Lipinski definition) is 0. The highest BCUT2D eigenvalue weighted by Gasteiger charge is 2.42. The maximum Gasteiger partial charge on any atom is 0.212 e. The van der Waals surface area contributed by atoms with E-state index in [1.54, 1.807) is 0 Å². The zero-order chi connectivity index (χ0) is 18.6. The lowest BCUT2D eigenvalue weighted by molar-refractivity contribution is -0.660. The van der Waals surface area contributed by atoms with Crippen molar-refractivity contribution < 1.29 is 4.57 Å². The molecule has 0 unspecified atom stereocenters. The van der Waals surface area contributed by atoms with E-state index in [0.717, 1.165) is 6.42 Å². The maximum absolute atomic E-state index is 2.47. The molecule has 0 fully saturated rings. The van der Waals surface area contributed by atoms with E-state index < -0.39 is 0 Å². The Morgan fingerprint density at radius 1 is 1.00 bits per heavy atom. The van der Waals surface area contributed by atoms with Crippen molar-refractivity contribution in [2.24, 2.45) is 13.0 Å². The molecule has 0 aliphatic heterocycles. The molecule has 0 bridgehead atoms. The molecule has 3 rings (SSSR count). The van der Waals surface area contributed by atoms with Crippen LogP contribution in [0, 0.1) is 12.8 Å². The number of aromatic nitrogens is 1. The highest BCUT2D eigenvalue weighted by Crippen LogP contribution is 2.50. The molecule has 1 nitrogen and oxygen atoms in total. The summed E-state index contributed by atoms with van der Waals surface area (Å²) in [6.45, 7) is 16.4. The SMILES string of the molecule is Cc1cc2c(cc1-c1ccc(CC(C)C)c[n+]1C)C(C)(C)CC2(C)C. The second-order valence-corrected chi connectivity index (χ2v) is 9.79. The summed E-state index contributed by atoms with van der Waals surface area (Å²) in [5.41, 5.74) is 9.08. The summed E-state index contributed by atoms with van der Waals surface area (Å²) < 4.78 is 2.31. The molecule has 1 heteroatoms. The van der Waals surface area contributed by atoms with Crippen molar-refractivity contribution in [3.05, 3.63) is 52.7 Å². The smallest absolute Gasteiger partial charge is 0.201 e. The topological polar surface area (TPSA) is 3.88 Å². The van der Waals surface area contributed by atoms with Gasteiger partial charge in [0.05, 0.1) is 0 Å². The number of rotatable bonds is 3. The van der Waals surface area contributed by atoms with Crippen molar-refractivity contribution in [3.63, 3.8) is 0 Å². The molecule has 1 aromatic carbocycles. The first kappa shape index (κ1) is 18.2.